The van der Waals surface area contributed by atoms with Crippen molar-refractivity contribution in [3.8, 4) is 11.8 Å². The van der Waals surface area contributed by atoms with Crippen LogP contribution in [0.3, 0.4) is 0 Å². The molecule has 0 unspecified atom stereocenters. The molecule has 0 spiro atoms. The number of nitrogens with zero attached hydrogens (tertiary/aromatic N) is 1. The molecule has 1 aromatic carbocycles. The summed E-state index contributed by atoms with van der Waals surface area (Å²) in [5.74, 6) is -0.186. The molecule has 128 valence electrons. The van der Waals surface area contributed by atoms with Gasteiger partial charge in [0.25, 0.3) is 11.1 Å². The highest BCUT2D eigenvalue weighted by Gasteiger charge is 2.30. The first-order chi connectivity index (χ1) is 12.0. The smallest absolute Gasteiger partial charge is 0.268 e. The predicted octanol–water partition coefficient (Wildman–Crippen LogP) is 1.42. The van der Waals surface area contributed by atoms with Gasteiger partial charge in [-0.15, -0.1) is 0 Å². The summed E-state index contributed by atoms with van der Waals surface area (Å²) in [5, 5.41) is 19.5. The molecule has 2 aromatic heterocycles. The van der Waals surface area contributed by atoms with E-state index >= 15 is 0 Å². The van der Waals surface area contributed by atoms with E-state index in [0.29, 0.717) is 33.8 Å². The minimum atomic E-state index is -0.639. The van der Waals surface area contributed by atoms with E-state index in [2.05, 4.69) is 20.4 Å². The molecule has 0 saturated heterocycles. The molecule has 0 fully saturated rings. The van der Waals surface area contributed by atoms with Crippen molar-refractivity contribution < 1.29 is 4.74 Å². The minimum Gasteiger partial charge on any atom is -0.478 e. The number of aromatic amines is 4. The van der Waals surface area contributed by atoms with Crippen LogP contribution in [0.25, 0.3) is 0 Å². The van der Waals surface area contributed by atoms with Crippen LogP contribution in [-0.2, 0) is 0 Å². The Labute approximate surface area is 142 Å². The molecule has 2 heterocycles. The lowest BCUT2D eigenvalue weighted by Gasteiger charge is -2.19. The standard InChI is InChI=1S/C17H17N5O3/c1-9-13(16(23)21-19-9)15(14-10(2)20-22-17(14)24)11-5-3-4-6-12(11)25-8-7-18/h3-6,15H,8H2,1-2H3,(H2,19,21,23)(H2,20,22,24). The van der Waals surface area contributed by atoms with E-state index in [4.69, 9.17) is 10.00 Å². The Morgan fingerprint density at radius 1 is 1.00 bits per heavy atom. The first-order valence-corrected chi connectivity index (χ1v) is 7.67. The highest BCUT2D eigenvalue weighted by molar-refractivity contribution is 5.50. The van der Waals surface area contributed by atoms with Gasteiger partial charge in [-0.25, -0.2) is 0 Å². The summed E-state index contributed by atoms with van der Waals surface area (Å²) in [6.45, 7) is 3.39. The highest BCUT2D eigenvalue weighted by Crippen LogP contribution is 2.36. The van der Waals surface area contributed by atoms with Crippen LogP contribution in [0.1, 0.15) is 34.0 Å². The van der Waals surface area contributed by atoms with Crippen LogP contribution in [-0.4, -0.2) is 27.0 Å². The fourth-order valence-corrected chi connectivity index (χ4v) is 3.02. The maximum Gasteiger partial charge on any atom is 0.268 e. The van der Waals surface area contributed by atoms with Crippen LogP contribution in [0.2, 0.25) is 0 Å². The Morgan fingerprint density at radius 2 is 1.56 bits per heavy atom. The van der Waals surface area contributed by atoms with Crippen molar-refractivity contribution in [2.45, 2.75) is 19.8 Å². The minimum absolute atomic E-state index is 0.130. The van der Waals surface area contributed by atoms with Crippen molar-refractivity contribution in [1.82, 2.24) is 20.4 Å². The average molecular weight is 339 g/mol. The summed E-state index contributed by atoms with van der Waals surface area (Å²) >= 11 is 0. The van der Waals surface area contributed by atoms with Gasteiger partial charge in [-0.3, -0.25) is 19.8 Å². The van der Waals surface area contributed by atoms with Gasteiger partial charge in [-0.2, -0.15) is 5.26 Å². The van der Waals surface area contributed by atoms with Gasteiger partial charge < -0.3 is 14.9 Å². The molecule has 3 rings (SSSR count). The molecule has 0 saturated carbocycles. The summed E-state index contributed by atoms with van der Waals surface area (Å²) in [4.78, 5) is 24.8. The fourth-order valence-electron chi connectivity index (χ4n) is 3.02. The number of aryl methyl sites for hydroxylation is 2. The van der Waals surface area contributed by atoms with Gasteiger partial charge in [0.15, 0.2) is 6.61 Å². The molecule has 0 aliphatic rings. The lowest BCUT2D eigenvalue weighted by atomic mass is 9.85. The number of aromatic nitrogens is 4. The molecule has 0 aliphatic heterocycles. The Hall–Kier alpha value is -3.47. The molecule has 8 heteroatoms. The third-order valence-electron chi connectivity index (χ3n) is 4.12. The maximum absolute atomic E-state index is 12.4. The van der Waals surface area contributed by atoms with Crippen LogP contribution in [0.4, 0.5) is 0 Å². The van der Waals surface area contributed by atoms with Crippen molar-refractivity contribution in [1.29, 1.82) is 5.26 Å². The lowest BCUT2D eigenvalue weighted by molar-refractivity contribution is 0.363. The predicted molar refractivity (Wildman–Crippen MR) is 90.8 cm³/mol. The van der Waals surface area contributed by atoms with Gasteiger partial charge in [0, 0.05) is 17.0 Å². The molecule has 0 bridgehead atoms. The van der Waals surface area contributed by atoms with Crippen LogP contribution < -0.4 is 15.9 Å². The molecule has 4 N–H and O–H groups in total. The van der Waals surface area contributed by atoms with Gasteiger partial charge in [0.1, 0.15) is 11.8 Å². The van der Waals surface area contributed by atoms with Gasteiger partial charge in [0.05, 0.1) is 17.0 Å². The number of para-hydroxylation sites is 1. The Kier molecular flexibility index (Phi) is 4.31. The van der Waals surface area contributed by atoms with E-state index in [1.54, 1.807) is 38.1 Å². The number of H-pyrrole nitrogens is 4. The van der Waals surface area contributed by atoms with E-state index in [1.807, 2.05) is 6.07 Å². The molecule has 0 aliphatic carbocycles. The molecule has 0 radical (unpaired) electrons. The van der Waals surface area contributed by atoms with E-state index in [-0.39, 0.29) is 17.7 Å². The van der Waals surface area contributed by atoms with E-state index in [9.17, 15) is 9.59 Å². The van der Waals surface area contributed by atoms with Crippen LogP contribution in [0.15, 0.2) is 33.9 Å². The number of hydrogen-bond acceptors (Lipinski definition) is 4. The number of benzene rings is 1. The second kappa shape index (κ2) is 6.57. The zero-order valence-corrected chi connectivity index (χ0v) is 13.8. The second-order valence-corrected chi connectivity index (χ2v) is 5.65. The van der Waals surface area contributed by atoms with Crippen LogP contribution in [0.5, 0.6) is 5.75 Å². The molecule has 0 atom stereocenters. The number of nitrogens with one attached hydrogen (secondary N) is 4. The van der Waals surface area contributed by atoms with E-state index in [1.165, 1.54) is 0 Å². The molecule has 25 heavy (non-hydrogen) atoms. The number of nitriles is 1. The third kappa shape index (κ3) is 2.87. The summed E-state index contributed by atoms with van der Waals surface area (Å²) in [6.07, 6.45) is 0. The Bertz CT molecular complexity index is 993. The topological polar surface area (TPSA) is 130 Å². The Morgan fingerprint density at radius 3 is 2.04 bits per heavy atom. The lowest BCUT2D eigenvalue weighted by Crippen LogP contribution is -2.21. The first kappa shape index (κ1) is 16.4. The second-order valence-electron chi connectivity index (χ2n) is 5.65. The fraction of sp³-hybridized carbons (Fsp3) is 0.235. The third-order valence-corrected chi connectivity index (χ3v) is 4.12. The van der Waals surface area contributed by atoms with Crippen molar-refractivity contribution in [3.05, 3.63) is 73.1 Å². The van der Waals surface area contributed by atoms with Crippen molar-refractivity contribution in [2.75, 3.05) is 6.61 Å². The average Bonchev–Trinajstić information content (AvgIpc) is 3.11. The molecule has 8 nitrogen and oxygen atoms in total. The molecular formula is C17H17N5O3. The van der Waals surface area contributed by atoms with Gasteiger partial charge >= 0.3 is 0 Å². The first-order valence-electron chi connectivity index (χ1n) is 7.67. The van der Waals surface area contributed by atoms with E-state index < -0.39 is 5.92 Å². The zero-order chi connectivity index (χ0) is 18.0. The summed E-state index contributed by atoms with van der Waals surface area (Å²) in [5.41, 5.74) is 2.15. The maximum atomic E-state index is 12.4. The van der Waals surface area contributed by atoms with Gasteiger partial charge in [-0.1, -0.05) is 18.2 Å². The Balaban J connectivity index is 2.30. The molecular weight excluding hydrogens is 322 g/mol. The van der Waals surface area contributed by atoms with Crippen LogP contribution >= 0.6 is 0 Å². The SMILES string of the molecule is Cc1[nH][nH]c(=O)c1C(c1ccccc1OCC#N)c1c(C)[nH][nH]c1=O. The summed E-state index contributed by atoms with van der Waals surface area (Å²) in [6, 6.07) is 9.00. The summed E-state index contributed by atoms with van der Waals surface area (Å²) < 4.78 is 5.52. The monoisotopic (exact) mass is 339 g/mol. The molecule has 3 aromatic rings. The van der Waals surface area contributed by atoms with Crippen molar-refractivity contribution in [3.63, 3.8) is 0 Å². The highest BCUT2D eigenvalue weighted by atomic mass is 16.5. The van der Waals surface area contributed by atoms with Crippen molar-refractivity contribution >= 4 is 0 Å². The quantitative estimate of drug-likeness (QED) is 0.560. The zero-order valence-electron chi connectivity index (χ0n) is 13.8. The van der Waals surface area contributed by atoms with Crippen LogP contribution in [0, 0.1) is 25.2 Å². The normalized spacial score (nSPS) is 10.8. The largest absolute Gasteiger partial charge is 0.478 e. The van der Waals surface area contributed by atoms with Gasteiger partial charge in [0.2, 0.25) is 0 Å². The number of hydrogen-bond donors (Lipinski definition) is 4. The van der Waals surface area contributed by atoms with E-state index in [0.717, 1.165) is 0 Å². The molecule has 0 amide bonds. The number of rotatable bonds is 5. The van der Waals surface area contributed by atoms with Gasteiger partial charge in [-0.05, 0) is 19.9 Å². The van der Waals surface area contributed by atoms with Crippen molar-refractivity contribution in [2.24, 2.45) is 0 Å². The number of ether oxygens (including phenoxy) is 1. The summed E-state index contributed by atoms with van der Waals surface area (Å²) in [7, 11) is 0.